The molecule has 0 unspecified atom stereocenters. The van der Waals surface area contributed by atoms with Crippen LogP contribution in [-0.2, 0) is 9.53 Å². The van der Waals surface area contributed by atoms with Crippen molar-refractivity contribution in [1.29, 1.82) is 0 Å². The highest BCUT2D eigenvalue weighted by Gasteiger charge is 2.31. The van der Waals surface area contributed by atoms with Gasteiger partial charge in [-0.25, -0.2) is 9.59 Å². The molecule has 0 fully saturated rings. The molecule has 0 spiro atoms. The molecule has 122 valence electrons. The molecule has 22 heavy (non-hydrogen) atoms. The van der Waals surface area contributed by atoms with Crippen molar-refractivity contribution >= 4 is 12.1 Å². The molecule has 3 N–H and O–H groups in total. The molecule has 0 bridgehead atoms. The summed E-state index contributed by atoms with van der Waals surface area (Å²) in [5.41, 5.74) is -0.428. The van der Waals surface area contributed by atoms with Crippen LogP contribution in [0, 0.1) is 0 Å². The fourth-order valence-electron chi connectivity index (χ4n) is 1.70. The van der Waals surface area contributed by atoms with Gasteiger partial charge in [-0.1, -0.05) is 12.1 Å². The van der Waals surface area contributed by atoms with Gasteiger partial charge in [-0.05, 0) is 38.5 Å². The van der Waals surface area contributed by atoms with E-state index in [-0.39, 0.29) is 0 Å². The quantitative estimate of drug-likeness (QED) is 0.764. The number of carboxylic acids is 1. The number of amides is 1. The van der Waals surface area contributed by atoms with Gasteiger partial charge in [0.25, 0.3) is 0 Å². The monoisotopic (exact) mass is 311 g/mol. The zero-order valence-electron chi connectivity index (χ0n) is 13.0. The summed E-state index contributed by atoms with van der Waals surface area (Å²) in [5.74, 6) is -0.794. The lowest BCUT2D eigenvalue weighted by molar-refractivity contribution is -0.142. The number of ether oxygens (including phenoxy) is 2. The van der Waals surface area contributed by atoms with Crippen molar-refractivity contribution in [3.05, 3.63) is 29.8 Å². The van der Waals surface area contributed by atoms with Crippen LogP contribution >= 0.6 is 0 Å². The molecule has 1 amide bonds. The van der Waals surface area contributed by atoms with Crippen LogP contribution in [0.3, 0.4) is 0 Å². The van der Waals surface area contributed by atoms with Gasteiger partial charge >= 0.3 is 12.1 Å². The number of carbonyl (C=O) groups is 2. The van der Waals surface area contributed by atoms with Crippen LogP contribution in [0.4, 0.5) is 4.79 Å². The summed E-state index contributed by atoms with van der Waals surface area (Å²) < 4.78 is 9.98. The van der Waals surface area contributed by atoms with Crippen molar-refractivity contribution in [1.82, 2.24) is 5.32 Å². The number of nitrogens with one attached hydrogen (secondary N) is 1. The van der Waals surface area contributed by atoms with E-state index in [0.29, 0.717) is 11.3 Å². The normalized spacial score (nSPS) is 13.9. The average Bonchev–Trinajstić information content (AvgIpc) is 2.42. The van der Waals surface area contributed by atoms with E-state index in [1.807, 2.05) is 0 Å². The number of carboxylic acid groups (broad SMARTS) is 1. The number of aliphatic hydroxyl groups is 1. The third-order valence-electron chi connectivity index (χ3n) is 2.71. The lowest BCUT2D eigenvalue weighted by atomic mass is 10.0. The van der Waals surface area contributed by atoms with Crippen molar-refractivity contribution in [2.75, 3.05) is 7.11 Å². The SMILES string of the molecule is COc1ccc([C@H](O)[C@H](NC(=O)OC(C)(C)C)C(=O)O)cc1. The zero-order chi connectivity index (χ0) is 16.9. The Kier molecular flexibility index (Phi) is 5.76. The van der Waals surface area contributed by atoms with E-state index >= 15 is 0 Å². The fourth-order valence-corrected chi connectivity index (χ4v) is 1.70. The minimum Gasteiger partial charge on any atom is -0.497 e. The summed E-state index contributed by atoms with van der Waals surface area (Å²) in [6.07, 6.45) is -2.33. The Bertz CT molecular complexity index is 520. The van der Waals surface area contributed by atoms with E-state index in [1.54, 1.807) is 32.9 Å². The number of hydrogen-bond donors (Lipinski definition) is 3. The molecule has 0 radical (unpaired) electrons. The number of aliphatic carboxylic acids is 1. The van der Waals surface area contributed by atoms with Crippen LogP contribution in [0.5, 0.6) is 5.75 Å². The summed E-state index contributed by atoms with van der Waals surface area (Å²) >= 11 is 0. The molecule has 1 aromatic carbocycles. The molecule has 0 aliphatic carbocycles. The Labute approximate surface area is 128 Å². The van der Waals surface area contributed by atoms with Crippen LogP contribution < -0.4 is 10.1 Å². The highest BCUT2D eigenvalue weighted by molar-refractivity contribution is 5.80. The Morgan fingerprint density at radius 2 is 1.73 bits per heavy atom. The third kappa shape index (κ3) is 5.25. The maximum absolute atomic E-state index is 11.7. The van der Waals surface area contributed by atoms with Crippen molar-refractivity contribution in [2.45, 2.75) is 38.5 Å². The highest BCUT2D eigenvalue weighted by atomic mass is 16.6. The van der Waals surface area contributed by atoms with Gasteiger partial charge in [-0.15, -0.1) is 0 Å². The maximum atomic E-state index is 11.7. The summed E-state index contributed by atoms with van der Waals surface area (Å²) in [5, 5.41) is 21.5. The molecule has 0 aromatic heterocycles. The molecule has 1 rings (SSSR count). The lowest BCUT2D eigenvalue weighted by Crippen LogP contribution is -2.46. The molecular formula is C15H21NO6. The first kappa shape index (κ1) is 17.8. The number of carbonyl (C=O) groups excluding carboxylic acids is 1. The van der Waals surface area contributed by atoms with Gasteiger partial charge in [-0.2, -0.15) is 0 Å². The third-order valence-corrected chi connectivity index (χ3v) is 2.71. The molecular weight excluding hydrogens is 290 g/mol. The number of rotatable bonds is 5. The van der Waals surface area contributed by atoms with Crippen molar-refractivity contribution in [3.8, 4) is 5.75 Å². The van der Waals surface area contributed by atoms with E-state index in [9.17, 15) is 19.8 Å². The van der Waals surface area contributed by atoms with Gasteiger partial charge in [0.2, 0.25) is 0 Å². The summed E-state index contributed by atoms with van der Waals surface area (Å²) in [6, 6.07) is 4.70. The average molecular weight is 311 g/mol. The van der Waals surface area contributed by atoms with Gasteiger partial charge in [-0.3, -0.25) is 0 Å². The van der Waals surface area contributed by atoms with Crippen LogP contribution in [0.25, 0.3) is 0 Å². The van der Waals surface area contributed by atoms with Crippen LogP contribution in [0.1, 0.15) is 32.4 Å². The standard InChI is InChI=1S/C15H21NO6/c1-15(2,3)22-14(20)16-11(13(18)19)12(17)9-5-7-10(21-4)8-6-9/h5-8,11-12,17H,1-4H3,(H,16,20)(H,18,19)/t11-,12-/m0/s1. The molecule has 0 saturated heterocycles. The van der Waals surface area contributed by atoms with E-state index < -0.39 is 29.8 Å². The van der Waals surface area contributed by atoms with Gasteiger partial charge in [0.15, 0.2) is 6.04 Å². The Balaban J connectivity index is 2.85. The second-order valence-corrected chi connectivity index (χ2v) is 5.68. The van der Waals surface area contributed by atoms with Crippen LogP contribution in [0.15, 0.2) is 24.3 Å². The number of aliphatic hydroxyl groups excluding tert-OH is 1. The van der Waals surface area contributed by atoms with Gasteiger partial charge < -0.3 is 25.0 Å². The molecule has 2 atom stereocenters. The maximum Gasteiger partial charge on any atom is 0.408 e. The Hall–Kier alpha value is -2.28. The predicted octanol–water partition coefficient (Wildman–Crippen LogP) is 1.71. The van der Waals surface area contributed by atoms with E-state index in [0.717, 1.165) is 0 Å². The summed E-state index contributed by atoms with van der Waals surface area (Å²) in [7, 11) is 1.50. The molecule has 7 heteroatoms. The largest absolute Gasteiger partial charge is 0.497 e. The second-order valence-electron chi connectivity index (χ2n) is 5.68. The number of benzene rings is 1. The molecule has 0 aliphatic heterocycles. The predicted molar refractivity (Wildman–Crippen MR) is 78.7 cm³/mol. The lowest BCUT2D eigenvalue weighted by Gasteiger charge is -2.24. The van der Waals surface area contributed by atoms with Gasteiger partial charge in [0.05, 0.1) is 7.11 Å². The number of hydrogen-bond acceptors (Lipinski definition) is 5. The van der Waals surface area contributed by atoms with E-state index in [4.69, 9.17) is 9.47 Å². The number of methoxy groups -OCH3 is 1. The van der Waals surface area contributed by atoms with E-state index in [2.05, 4.69) is 5.32 Å². The first-order valence-electron chi connectivity index (χ1n) is 6.68. The number of alkyl carbamates (subject to hydrolysis) is 1. The second kappa shape index (κ2) is 7.13. The highest BCUT2D eigenvalue weighted by Crippen LogP contribution is 2.21. The first-order chi connectivity index (χ1) is 10.1. The van der Waals surface area contributed by atoms with Crippen LogP contribution in [0.2, 0.25) is 0 Å². The molecule has 0 aliphatic rings. The van der Waals surface area contributed by atoms with Crippen molar-refractivity contribution < 1.29 is 29.3 Å². The van der Waals surface area contributed by atoms with Gasteiger partial charge in [0, 0.05) is 0 Å². The Morgan fingerprint density at radius 1 is 1.18 bits per heavy atom. The first-order valence-corrected chi connectivity index (χ1v) is 6.68. The van der Waals surface area contributed by atoms with Crippen molar-refractivity contribution in [3.63, 3.8) is 0 Å². The van der Waals surface area contributed by atoms with Gasteiger partial charge in [0.1, 0.15) is 17.5 Å². The smallest absolute Gasteiger partial charge is 0.408 e. The fraction of sp³-hybridized carbons (Fsp3) is 0.467. The molecule has 7 nitrogen and oxygen atoms in total. The zero-order valence-corrected chi connectivity index (χ0v) is 13.0. The van der Waals surface area contributed by atoms with Crippen LogP contribution in [-0.4, -0.2) is 41.0 Å². The van der Waals surface area contributed by atoms with E-state index in [1.165, 1.54) is 19.2 Å². The molecule has 0 heterocycles. The minimum atomic E-state index is -1.52. The van der Waals surface area contributed by atoms with Crippen molar-refractivity contribution in [2.24, 2.45) is 0 Å². The minimum absolute atomic E-state index is 0.337. The summed E-state index contributed by atoms with van der Waals surface area (Å²) in [6.45, 7) is 4.97. The topological polar surface area (TPSA) is 105 Å². The summed E-state index contributed by atoms with van der Waals surface area (Å²) in [4.78, 5) is 23.0. The molecule has 0 saturated carbocycles. The Morgan fingerprint density at radius 3 is 2.14 bits per heavy atom. The molecule has 1 aromatic rings.